The summed E-state index contributed by atoms with van der Waals surface area (Å²) in [7, 11) is 0. The Morgan fingerprint density at radius 1 is 1.33 bits per heavy atom. The molecule has 3 aromatic rings. The first-order valence-corrected chi connectivity index (χ1v) is 8.19. The van der Waals surface area contributed by atoms with Crippen LogP contribution in [0.4, 0.5) is 4.39 Å². The highest BCUT2D eigenvalue weighted by atomic mass is 35.5. The van der Waals surface area contributed by atoms with Gasteiger partial charge in [0.25, 0.3) is 0 Å². The lowest BCUT2D eigenvalue weighted by Gasteiger charge is -1.96. The molecule has 0 unspecified atom stereocenters. The second-order valence-corrected chi connectivity index (χ2v) is 6.21. The van der Waals surface area contributed by atoms with Gasteiger partial charge in [-0.05, 0) is 30.3 Å². The Kier molecular flexibility index (Phi) is 4.74. The van der Waals surface area contributed by atoms with Gasteiger partial charge in [-0.1, -0.05) is 41.3 Å². The highest BCUT2D eigenvalue weighted by Crippen LogP contribution is 2.25. The SMILES string of the molecule is O=C(O)CSc1nc2cc(C#Cc3cccc(F)c3)c(Cl)cc2[nH]1. The number of halogens is 2. The van der Waals surface area contributed by atoms with Gasteiger partial charge in [-0.3, -0.25) is 4.79 Å². The van der Waals surface area contributed by atoms with Crippen LogP contribution in [0.25, 0.3) is 11.0 Å². The molecular weight excluding hydrogens is 351 g/mol. The van der Waals surface area contributed by atoms with Gasteiger partial charge >= 0.3 is 5.97 Å². The van der Waals surface area contributed by atoms with E-state index in [2.05, 4.69) is 21.8 Å². The number of hydrogen-bond donors (Lipinski definition) is 2. The van der Waals surface area contributed by atoms with E-state index in [-0.39, 0.29) is 11.6 Å². The molecule has 0 fully saturated rings. The predicted octanol–water partition coefficient (Wildman–Crippen LogP) is 3.93. The number of imidazole rings is 1. The van der Waals surface area contributed by atoms with E-state index < -0.39 is 5.97 Å². The summed E-state index contributed by atoms with van der Waals surface area (Å²) < 4.78 is 13.2. The van der Waals surface area contributed by atoms with Crippen molar-refractivity contribution in [2.75, 3.05) is 5.75 Å². The lowest BCUT2D eigenvalue weighted by molar-refractivity contribution is -0.133. The van der Waals surface area contributed by atoms with Gasteiger partial charge in [0.05, 0.1) is 21.8 Å². The van der Waals surface area contributed by atoms with E-state index in [1.165, 1.54) is 12.1 Å². The van der Waals surface area contributed by atoms with E-state index in [0.717, 1.165) is 11.8 Å². The smallest absolute Gasteiger partial charge is 0.313 e. The summed E-state index contributed by atoms with van der Waals surface area (Å²) in [6.45, 7) is 0. The van der Waals surface area contributed by atoms with Gasteiger partial charge in [-0.25, -0.2) is 9.37 Å². The number of aromatic amines is 1. The third kappa shape index (κ3) is 3.88. The van der Waals surface area contributed by atoms with E-state index in [1.807, 2.05) is 0 Å². The molecule has 4 nitrogen and oxygen atoms in total. The maximum Gasteiger partial charge on any atom is 0.313 e. The lowest BCUT2D eigenvalue weighted by Crippen LogP contribution is -1.97. The van der Waals surface area contributed by atoms with Crippen molar-refractivity contribution in [1.29, 1.82) is 0 Å². The van der Waals surface area contributed by atoms with Crippen LogP contribution in [-0.4, -0.2) is 26.8 Å². The summed E-state index contributed by atoms with van der Waals surface area (Å²) in [5, 5.41) is 9.64. The van der Waals surface area contributed by atoms with Crippen LogP contribution in [0.3, 0.4) is 0 Å². The molecule has 0 aliphatic heterocycles. The number of aromatic nitrogens is 2. The van der Waals surface area contributed by atoms with Gasteiger partial charge in [0.2, 0.25) is 0 Å². The maximum absolute atomic E-state index is 13.2. The average Bonchev–Trinajstić information content (AvgIpc) is 2.92. The van der Waals surface area contributed by atoms with Gasteiger partial charge in [0, 0.05) is 11.1 Å². The molecule has 120 valence electrons. The molecular formula is C17H10ClFN2O2S. The van der Waals surface area contributed by atoms with Gasteiger partial charge in [0.15, 0.2) is 5.16 Å². The molecule has 1 heterocycles. The summed E-state index contributed by atoms with van der Waals surface area (Å²) in [5.74, 6) is 4.41. The number of carboxylic acids is 1. The number of hydrogen-bond acceptors (Lipinski definition) is 3. The first-order chi connectivity index (χ1) is 11.5. The normalized spacial score (nSPS) is 10.4. The summed E-state index contributed by atoms with van der Waals surface area (Å²) in [4.78, 5) is 17.9. The van der Waals surface area contributed by atoms with Crippen molar-refractivity contribution in [3.63, 3.8) is 0 Å². The number of carbonyl (C=O) groups is 1. The number of benzene rings is 2. The molecule has 0 aliphatic carbocycles. The molecule has 24 heavy (non-hydrogen) atoms. The zero-order valence-electron chi connectivity index (χ0n) is 12.1. The lowest BCUT2D eigenvalue weighted by atomic mass is 10.1. The van der Waals surface area contributed by atoms with Crippen LogP contribution in [0, 0.1) is 17.7 Å². The van der Waals surface area contributed by atoms with E-state index in [4.69, 9.17) is 16.7 Å². The second kappa shape index (κ2) is 6.95. The number of carboxylic acid groups (broad SMARTS) is 1. The van der Waals surface area contributed by atoms with Crippen LogP contribution >= 0.6 is 23.4 Å². The van der Waals surface area contributed by atoms with Gasteiger partial charge in [-0.15, -0.1) is 0 Å². The molecule has 0 spiro atoms. The molecule has 0 atom stereocenters. The minimum atomic E-state index is -0.917. The number of nitrogens with zero attached hydrogens (tertiary/aromatic N) is 1. The Morgan fingerprint density at radius 2 is 2.17 bits per heavy atom. The maximum atomic E-state index is 13.2. The molecule has 2 N–H and O–H groups in total. The van der Waals surface area contributed by atoms with Gasteiger partial charge in [-0.2, -0.15) is 0 Å². The van der Waals surface area contributed by atoms with Crippen LogP contribution in [0.5, 0.6) is 0 Å². The summed E-state index contributed by atoms with van der Waals surface area (Å²) in [6, 6.07) is 9.38. The van der Waals surface area contributed by atoms with Crippen molar-refractivity contribution in [1.82, 2.24) is 9.97 Å². The van der Waals surface area contributed by atoms with Crippen molar-refractivity contribution in [2.45, 2.75) is 5.16 Å². The first-order valence-electron chi connectivity index (χ1n) is 6.83. The fraction of sp³-hybridized carbons (Fsp3) is 0.0588. The Morgan fingerprint density at radius 3 is 2.92 bits per heavy atom. The molecule has 7 heteroatoms. The average molecular weight is 361 g/mol. The second-order valence-electron chi connectivity index (χ2n) is 4.83. The van der Waals surface area contributed by atoms with Crippen LogP contribution < -0.4 is 0 Å². The molecule has 0 aliphatic rings. The van der Waals surface area contributed by atoms with Gasteiger partial charge in [0.1, 0.15) is 5.82 Å². The standard InChI is InChI=1S/C17H10ClFN2O2S/c18-13-8-15-14(20-17(21-15)24-9-16(22)23)7-11(13)5-4-10-2-1-3-12(19)6-10/h1-3,6-8H,9H2,(H,20,21)(H,22,23). The van der Waals surface area contributed by atoms with E-state index in [9.17, 15) is 9.18 Å². The molecule has 0 radical (unpaired) electrons. The quantitative estimate of drug-likeness (QED) is 0.548. The number of thioether (sulfide) groups is 1. The molecule has 0 amide bonds. The van der Waals surface area contributed by atoms with Crippen molar-refractivity contribution >= 4 is 40.4 Å². The van der Waals surface area contributed by atoms with Crippen molar-refractivity contribution < 1.29 is 14.3 Å². The molecule has 0 bridgehead atoms. The Balaban J connectivity index is 1.92. The highest BCUT2D eigenvalue weighted by Gasteiger charge is 2.08. The van der Waals surface area contributed by atoms with Crippen LogP contribution in [-0.2, 0) is 4.79 Å². The first kappa shape index (κ1) is 16.4. The molecule has 2 aromatic carbocycles. The van der Waals surface area contributed by atoms with Crippen LogP contribution in [0.15, 0.2) is 41.6 Å². The van der Waals surface area contributed by atoms with E-state index >= 15 is 0 Å². The summed E-state index contributed by atoms with van der Waals surface area (Å²) in [6.07, 6.45) is 0. The number of aliphatic carboxylic acids is 1. The predicted molar refractivity (Wildman–Crippen MR) is 91.8 cm³/mol. The fourth-order valence-corrected chi connectivity index (χ4v) is 2.82. The van der Waals surface area contributed by atoms with Crippen molar-refractivity contribution in [3.05, 3.63) is 58.4 Å². The number of H-pyrrole nitrogens is 1. The topological polar surface area (TPSA) is 66.0 Å². The Labute approximate surface area is 146 Å². The summed E-state index contributed by atoms with van der Waals surface area (Å²) >= 11 is 7.30. The Bertz CT molecular complexity index is 991. The molecule has 0 saturated heterocycles. The molecule has 3 rings (SSSR count). The van der Waals surface area contributed by atoms with Crippen molar-refractivity contribution in [2.24, 2.45) is 0 Å². The largest absolute Gasteiger partial charge is 0.481 e. The zero-order chi connectivity index (χ0) is 17.1. The van der Waals surface area contributed by atoms with Crippen molar-refractivity contribution in [3.8, 4) is 11.8 Å². The summed E-state index contributed by atoms with van der Waals surface area (Å²) in [5.41, 5.74) is 2.45. The molecule has 0 saturated carbocycles. The molecule has 1 aromatic heterocycles. The highest BCUT2D eigenvalue weighted by molar-refractivity contribution is 7.99. The number of nitrogens with one attached hydrogen (secondary N) is 1. The monoisotopic (exact) mass is 360 g/mol. The number of rotatable bonds is 3. The van der Waals surface area contributed by atoms with Crippen LogP contribution in [0.2, 0.25) is 5.02 Å². The Hall–Kier alpha value is -2.49. The van der Waals surface area contributed by atoms with Gasteiger partial charge < -0.3 is 10.1 Å². The van der Waals surface area contributed by atoms with E-state index in [0.29, 0.717) is 32.3 Å². The third-order valence-corrected chi connectivity index (χ3v) is 4.22. The minimum Gasteiger partial charge on any atom is -0.481 e. The minimum absolute atomic E-state index is 0.0835. The zero-order valence-corrected chi connectivity index (χ0v) is 13.7. The van der Waals surface area contributed by atoms with E-state index in [1.54, 1.807) is 24.3 Å². The number of fused-ring (bicyclic) bond motifs is 1. The fourth-order valence-electron chi connectivity index (χ4n) is 2.01. The van der Waals surface area contributed by atoms with Crippen LogP contribution in [0.1, 0.15) is 11.1 Å². The third-order valence-electron chi connectivity index (χ3n) is 3.05.